The highest BCUT2D eigenvalue weighted by molar-refractivity contribution is 14.0. The Hall–Kier alpha value is -1.42. The molecule has 0 aliphatic rings. The smallest absolute Gasteiger partial charge is 0.407 e. The number of hydrogen-bond acceptors (Lipinski definition) is 4. The molecule has 4 N–H and O–H groups in total. The highest BCUT2D eigenvalue weighted by Crippen LogP contribution is 2.27. The molecule has 1 rings (SSSR count). The molecule has 0 aromatic heterocycles. The van der Waals surface area contributed by atoms with Crippen molar-refractivity contribution in [3.05, 3.63) is 23.2 Å². The highest BCUT2D eigenvalue weighted by Gasteiger charge is 2.17. The summed E-state index contributed by atoms with van der Waals surface area (Å²) < 4.78 is 10.4. The first kappa shape index (κ1) is 26.6. The molecule has 28 heavy (non-hydrogen) atoms. The molecule has 160 valence electrons. The number of hydrogen-bond donors (Lipinski definition) is 3. The molecule has 0 aliphatic heterocycles. The first-order valence-corrected chi connectivity index (χ1v) is 9.43. The average molecular weight is 527 g/mol. The van der Waals surface area contributed by atoms with Gasteiger partial charge in [0.1, 0.15) is 11.4 Å². The van der Waals surface area contributed by atoms with Gasteiger partial charge in [-0.25, -0.2) is 9.79 Å². The van der Waals surface area contributed by atoms with Crippen molar-refractivity contribution in [2.24, 2.45) is 10.7 Å². The molecule has 1 aromatic carbocycles. The Morgan fingerprint density at radius 2 is 2.04 bits per heavy atom. The van der Waals surface area contributed by atoms with Crippen molar-refractivity contribution in [1.82, 2.24) is 5.32 Å². The summed E-state index contributed by atoms with van der Waals surface area (Å²) in [5.41, 5.74) is 6.19. The highest BCUT2D eigenvalue weighted by atomic mass is 127. The number of ether oxygens (including phenoxy) is 2. The van der Waals surface area contributed by atoms with Crippen LogP contribution in [0.15, 0.2) is 23.2 Å². The molecule has 0 bridgehead atoms. The Morgan fingerprint density at radius 3 is 2.57 bits per heavy atom. The summed E-state index contributed by atoms with van der Waals surface area (Å²) in [6.45, 7) is 7.91. The summed E-state index contributed by atoms with van der Waals surface area (Å²) in [4.78, 5) is 16.3. The van der Waals surface area contributed by atoms with Gasteiger partial charge >= 0.3 is 6.09 Å². The maximum Gasteiger partial charge on any atom is 0.407 e. The van der Waals surface area contributed by atoms with Gasteiger partial charge in [0, 0.05) is 12.2 Å². The summed E-state index contributed by atoms with van der Waals surface area (Å²) >= 11 is 6.12. The summed E-state index contributed by atoms with van der Waals surface area (Å²) in [5, 5.41) is 6.24. The van der Waals surface area contributed by atoms with Crippen molar-refractivity contribution >= 4 is 53.3 Å². The van der Waals surface area contributed by atoms with E-state index in [1.807, 2.05) is 20.8 Å². The van der Waals surface area contributed by atoms with Gasteiger partial charge in [0.15, 0.2) is 5.96 Å². The number of amides is 1. The number of nitrogens with one attached hydrogen (secondary N) is 2. The van der Waals surface area contributed by atoms with Gasteiger partial charge < -0.3 is 25.8 Å². The van der Waals surface area contributed by atoms with E-state index < -0.39 is 11.7 Å². The second-order valence-corrected chi connectivity index (χ2v) is 7.57. The minimum atomic E-state index is -0.541. The molecular formula is C19H32ClIN4O3. The zero-order valence-electron chi connectivity index (χ0n) is 17.2. The lowest BCUT2D eigenvalue weighted by molar-refractivity contribution is 0.0524. The van der Waals surface area contributed by atoms with Crippen LogP contribution in [-0.4, -0.2) is 37.4 Å². The third-order valence-electron chi connectivity index (χ3n) is 3.52. The first-order valence-electron chi connectivity index (χ1n) is 9.05. The van der Waals surface area contributed by atoms with Crippen molar-refractivity contribution in [3.8, 4) is 5.75 Å². The maximum atomic E-state index is 11.9. The standard InChI is InChI=1S/C19H31ClN4O3.HI/c1-6-7-8-14(12-22-18(25)27-19(2,3)4)24-17(21)23-13-9-10-16(26-5)15(20)11-13;/h9-11,14H,6-8,12H2,1-5H3,(H,22,25)(H3,21,23,24);1H. The Kier molecular flexibility index (Phi) is 12.3. The lowest BCUT2D eigenvalue weighted by Gasteiger charge is -2.21. The van der Waals surface area contributed by atoms with E-state index in [1.54, 1.807) is 25.3 Å². The number of nitrogens with zero attached hydrogens (tertiary/aromatic N) is 1. The third kappa shape index (κ3) is 10.8. The van der Waals surface area contributed by atoms with E-state index in [0.29, 0.717) is 23.0 Å². The van der Waals surface area contributed by atoms with Gasteiger partial charge in [0.25, 0.3) is 0 Å². The van der Waals surface area contributed by atoms with E-state index >= 15 is 0 Å². The lowest BCUT2D eigenvalue weighted by Crippen LogP contribution is -2.37. The normalized spacial score (nSPS) is 12.6. The molecule has 0 saturated heterocycles. The zero-order chi connectivity index (χ0) is 20.4. The van der Waals surface area contributed by atoms with Gasteiger partial charge in [0.2, 0.25) is 0 Å². The number of carbonyl (C=O) groups excluding carboxylic acids is 1. The number of benzene rings is 1. The number of unbranched alkanes of at least 4 members (excludes halogenated alkanes) is 1. The van der Waals surface area contributed by atoms with Crippen molar-refractivity contribution in [2.75, 3.05) is 19.0 Å². The van der Waals surface area contributed by atoms with Crippen LogP contribution in [0, 0.1) is 0 Å². The maximum absolute atomic E-state index is 11.9. The molecule has 0 radical (unpaired) electrons. The Balaban J connectivity index is 0.00000729. The van der Waals surface area contributed by atoms with Crippen LogP contribution in [0.25, 0.3) is 0 Å². The molecule has 7 nitrogen and oxygen atoms in total. The molecule has 9 heteroatoms. The van der Waals surface area contributed by atoms with Crippen LogP contribution in [0.2, 0.25) is 5.02 Å². The molecule has 0 aliphatic carbocycles. The van der Waals surface area contributed by atoms with Crippen molar-refractivity contribution in [3.63, 3.8) is 0 Å². The van der Waals surface area contributed by atoms with Gasteiger partial charge in [-0.3, -0.25) is 0 Å². The number of guanidine groups is 1. The molecule has 0 spiro atoms. The summed E-state index contributed by atoms with van der Waals surface area (Å²) in [6, 6.07) is 5.10. The van der Waals surface area contributed by atoms with Gasteiger partial charge in [0.05, 0.1) is 18.2 Å². The molecule has 0 saturated carbocycles. The summed E-state index contributed by atoms with van der Waals surface area (Å²) in [5.74, 6) is 0.837. The minimum Gasteiger partial charge on any atom is -0.495 e. The largest absolute Gasteiger partial charge is 0.495 e. The van der Waals surface area contributed by atoms with Crippen LogP contribution in [0.3, 0.4) is 0 Å². The van der Waals surface area contributed by atoms with Crippen LogP contribution in [0.5, 0.6) is 5.75 Å². The number of rotatable bonds is 8. The third-order valence-corrected chi connectivity index (χ3v) is 3.81. The Labute approximate surface area is 189 Å². The van der Waals surface area contributed by atoms with Crippen LogP contribution >= 0.6 is 35.6 Å². The van der Waals surface area contributed by atoms with Crippen LogP contribution < -0.4 is 21.1 Å². The van der Waals surface area contributed by atoms with Crippen molar-refractivity contribution in [1.29, 1.82) is 0 Å². The number of alkyl carbamates (subject to hydrolysis) is 1. The van der Waals surface area contributed by atoms with E-state index in [-0.39, 0.29) is 36.0 Å². The molecule has 1 atom stereocenters. The monoisotopic (exact) mass is 526 g/mol. The average Bonchev–Trinajstić information content (AvgIpc) is 2.56. The quantitative estimate of drug-likeness (QED) is 0.257. The van der Waals surface area contributed by atoms with E-state index in [2.05, 4.69) is 22.5 Å². The topological polar surface area (TPSA) is 98.0 Å². The second kappa shape index (κ2) is 12.9. The predicted octanol–water partition coefficient (Wildman–Crippen LogP) is 4.78. The lowest BCUT2D eigenvalue weighted by atomic mass is 10.1. The second-order valence-electron chi connectivity index (χ2n) is 7.17. The van der Waals surface area contributed by atoms with E-state index in [4.69, 9.17) is 26.8 Å². The fourth-order valence-electron chi connectivity index (χ4n) is 2.29. The fraction of sp³-hybridized carbons (Fsp3) is 0.579. The fourth-order valence-corrected chi connectivity index (χ4v) is 2.55. The molecule has 1 aromatic rings. The number of anilines is 1. The SMILES string of the molecule is CCCCC(CNC(=O)OC(C)(C)C)N=C(N)Nc1ccc(OC)c(Cl)c1.I. The van der Waals surface area contributed by atoms with E-state index in [9.17, 15) is 4.79 Å². The zero-order valence-corrected chi connectivity index (χ0v) is 20.3. The number of halogens is 2. The van der Waals surface area contributed by atoms with E-state index in [0.717, 1.165) is 19.3 Å². The Bertz CT molecular complexity index is 651. The van der Waals surface area contributed by atoms with Gasteiger partial charge in [-0.2, -0.15) is 0 Å². The van der Waals surface area contributed by atoms with Crippen LogP contribution in [0.1, 0.15) is 47.0 Å². The summed E-state index contributed by atoms with van der Waals surface area (Å²) in [7, 11) is 1.56. The minimum absolute atomic E-state index is 0. The summed E-state index contributed by atoms with van der Waals surface area (Å²) in [6.07, 6.45) is 2.34. The number of aliphatic imine (C=N–C) groups is 1. The first-order chi connectivity index (χ1) is 12.6. The molecular weight excluding hydrogens is 495 g/mol. The predicted molar refractivity (Wildman–Crippen MR) is 126 cm³/mol. The molecule has 0 fully saturated rings. The number of carbonyl (C=O) groups is 1. The number of nitrogens with two attached hydrogens (primary N) is 1. The van der Waals surface area contributed by atoms with Gasteiger partial charge in [-0.05, 0) is 45.4 Å². The number of methoxy groups -OCH3 is 1. The van der Waals surface area contributed by atoms with Crippen LogP contribution in [0.4, 0.5) is 10.5 Å². The molecule has 1 amide bonds. The van der Waals surface area contributed by atoms with E-state index in [1.165, 1.54) is 0 Å². The van der Waals surface area contributed by atoms with Crippen molar-refractivity contribution in [2.45, 2.75) is 58.6 Å². The van der Waals surface area contributed by atoms with Crippen molar-refractivity contribution < 1.29 is 14.3 Å². The van der Waals surface area contributed by atoms with Gasteiger partial charge in [-0.1, -0.05) is 31.4 Å². The van der Waals surface area contributed by atoms with Gasteiger partial charge in [-0.15, -0.1) is 24.0 Å². The molecule has 0 heterocycles. The molecule has 1 unspecified atom stereocenters. The van der Waals surface area contributed by atoms with Crippen LogP contribution in [-0.2, 0) is 4.74 Å². The Morgan fingerprint density at radius 1 is 1.36 bits per heavy atom.